The van der Waals surface area contributed by atoms with Crippen LogP contribution in [0.5, 0.6) is 0 Å². The van der Waals surface area contributed by atoms with Crippen LogP contribution in [0.1, 0.15) is 46.0 Å². The summed E-state index contributed by atoms with van der Waals surface area (Å²) in [5.74, 6) is -0.0879. The van der Waals surface area contributed by atoms with Crippen LogP contribution in [-0.2, 0) is 28.6 Å². The van der Waals surface area contributed by atoms with Crippen LogP contribution in [0.25, 0.3) is 0 Å². The summed E-state index contributed by atoms with van der Waals surface area (Å²) in [5, 5.41) is 0.705. The molecule has 0 aliphatic carbocycles. The third-order valence-electron chi connectivity index (χ3n) is 3.13. The molecule has 0 aromatic rings. The number of hydrogen-bond acceptors (Lipinski definition) is 8. The van der Waals surface area contributed by atoms with Gasteiger partial charge < -0.3 is 14.2 Å². The number of hydrogen-bond donors (Lipinski definition) is 0. The minimum absolute atomic E-state index is 0.107. The summed E-state index contributed by atoms with van der Waals surface area (Å²) in [4.78, 5) is 33.5. The van der Waals surface area contributed by atoms with E-state index in [2.05, 4.69) is 0 Å². The highest BCUT2D eigenvalue weighted by Crippen LogP contribution is 2.39. The Hall–Kier alpha value is -0.890. The molecule has 8 heteroatoms. The molecule has 1 rings (SSSR count). The predicted octanol–water partition coefficient (Wildman–Crippen LogP) is 2.74. The van der Waals surface area contributed by atoms with Gasteiger partial charge in [-0.05, 0) is 19.3 Å². The van der Waals surface area contributed by atoms with Crippen molar-refractivity contribution in [2.24, 2.45) is 0 Å². The van der Waals surface area contributed by atoms with Gasteiger partial charge in [-0.15, -0.1) is 0 Å². The summed E-state index contributed by atoms with van der Waals surface area (Å²) < 4.78 is 14.9. The van der Waals surface area contributed by atoms with E-state index in [0.29, 0.717) is 11.7 Å². The van der Waals surface area contributed by atoms with Crippen molar-refractivity contribution in [2.45, 2.75) is 57.3 Å². The van der Waals surface area contributed by atoms with Crippen LogP contribution >= 0.6 is 21.6 Å². The van der Waals surface area contributed by atoms with Crippen molar-refractivity contribution in [3.63, 3.8) is 0 Å². The fourth-order valence-electron chi connectivity index (χ4n) is 1.99. The van der Waals surface area contributed by atoms with Gasteiger partial charge in [0, 0.05) is 31.3 Å². The Morgan fingerprint density at radius 2 is 1.74 bits per heavy atom. The van der Waals surface area contributed by atoms with Crippen LogP contribution in [0.4, 0.5) is 0 Å². The molecule has 0 aromatic carbocycles. The van der Waals surface area contributed by atoms with Gasteiger partial charge >= 0.3 is 17.9 Å². The molecule has 0 amide bonds. The van der Waals surface area contributed by atoms with Crippen molar-refractivity contribution in [1.82, 2.24) is 0 Å². The Balaban J connectivity index is 2.21. The van der Waals surface area contributed by atoms with Gasteiger partial charge in [0.05, 0.1) is 0 Å². The molecule has 0 spiro atoms. The van der Waals surface area contributed by atoms with Crippen molar-refractivity contribution in [1.29, 1.82) is 0 Å². The zero-order valence-electron chi connectivity index (χ0n) is 13.6. The third-order valence-corrected chi connectivity index (χ3v) is 6.13. The van der Waals surface area contributed by atoms with Crippen LogP contribution < -0.4 is 0 Å². The smallest absolute Gasteiger partial charge is 0.306 e. The molecule has 1 atom stereocenters. The molecule has 0 bridgehead atoms. The Kier molecular flexibility index (Phi) is 10.2. The van der Waals surface area contributed by atoms with Crippen LogP contribution in [0.2, 0.25) is 0 Å². The molecule has 1 aliphatic heterocycles. The van der Waals surface area contributed by atoms with E-state index < -0.39 is 18.0 Å². The minimum atomic E-state index is -0.753. The number of ether oxygens (including phenoxy) is 3. The Morgan fingerprint density at radius 3 is 2.26 bits per heavy atom. The molecular formula is C15H24O6S2. The van der Waals surface area contributed by atoms with Crippen LogP contribution in [-0.4, -0.2) is 48.2 Å². The summed E-state index contributed by atoms with van der Waals surface area (Å²) in [6.45, 7) is 2.32. The van der Waals surface area contributed by atoms with Crippen molar-refractivity contribution >= 4 is 39.5 Å². The van der Waals surface area contributed by atoms with Crippen LogP contribution in [0, 0.1) is 0 Å². The Morgan fingerprint density at radius 1 is 1.09 bits per heavy atom. The lowest BCUT2D eigenvalue weighted by Gasteiger charge is -2.17. The summed E-state index contributed by atoms with van der Waals surface area (Å²) >= 11 is 0. The molecule has 0 aromatic heterocycles. The highest BCUT2D eigenvalue weighted by atomic mass is 33.1. The highest BCUT2D eigenvalue weighted by molar-refractivity contribution is 8.77. The van der Waals surface area contributed by atoms with E-state index in [4.69, 9.17) is 14.2 Å². The fourth-order valence-corrected chi connectivity index (χ4v) is 5.02. The molecule has 1 fully saturated rings. The lowest BCUT2D eigenvalue weighted by atomic mass is 10.1. The zero-order valence-corrected chi connectivity index (χ0v) is 15.2. The van der Waals surface area contributed by atoms with Crippen molar-refractivity contribution in [2.75, 3.05) is 19.0 Å². The van der Waals surface area contributed by atoms with Gasteiger partial charge in [-0.25, -0.2) is 0 Å². The summed E-state index contributed by atoms with van der Waals surface area (Å²) in [6.07, 6.45) is 3.70. The average molecular weight is 364 g/mol. The minimum Gasteiger partial charge on any atom is -0.462 e. The van der Waals surface area contributed by atoms with E-state index in [1.807, 2.05) is 21.6 Å². The first-order chi connectivity index (χ1) is 11.0. The highest BCUT2D eigenvalue weighted by Gasteiger charge is 2.19. The maximum absolute atomic E-state index is 11.8. The monoisotopic (exact) mass is 364 g/mol. The van der Waals surface area contributed by atoms with Gasteiger partial charge in [0.25, 0.3) is 0 Å². The largest absolute Gasteiger partial charge is 0.462 e. The number of esters is 3. The lowest BCUT2D eigenvalue weighted by Crippen LogP contribution is -2.30. The first-order valence-corrected chi connectivity index (χ1v) is 10.1. The molecule has 1 aliphatic rings. The second-order valence-electron chi connectivity index (χ2n) is 5.29. The lowest BCUT2D eigenvalue weighted by molar-refractivity contribution is -0.165. The zero-order chi connectivity index (χ0) is 17.1. The second-order valence-corrected chi connectivity index (χ2v) is 8.08. The van der Waals surface area contributed by atoms with Gasteiger partial charge in [-0.2, -0.15) is 0 Å². The molecule has 6 nitrogen and oxygen atoms in total. The first kappa shape index (κ1) is 20.2. The summed E-state index contributed by atoms with van der Waals surface area (Å²) in [6, 6.07) is 0. The molecule has 1 heterocycles. The molecule has 132 valence electrons. The number of carbonyl (C=O) groups is 3. The topological polar surface area (TPSA) is 78.9 Å². The van der Waals surface area contributed by atoms with Gasteiger partial charge in [0.2, 0.25) is 0 Å². The molecule has 23 heavy (non-hydrogen) atoms. The summed E-state index contributed by atoms with van der Waals surface area (Å²) in [5.41, 5.74) is 0. The Labute approximate surface area is 144 Å². The maximum atomic E-state index is 11.8. The molecule has 0 saturated carbocycles. The fraction of sp³-hybridized carbons (Fsp3) is 0.800. The molecule has 0 N–H and O–H groups in total. The van der Waals surface area contributed by atoms with E-state index in [9.17, 15) is 14.4 Å². The van der Waals surface area contributed by atoms with E-state index in [1.165, 1.54) is 26.0 Å². The SMILES string of the molecule is CC(=O)OCC(COC(C)=O)OC(=O)CCCCC1CCSS1. The van der Waals surface area contributed by atoms with Crippen LogP contribution in [0.3, 0.4) is 0 Å². The number of rotatable bonds is 10. The van der Waals surface area contributed by atoms with E-state index in [-0.39, 0.29) is 19.2 Å². The summed E-state index contributed by atoms with van der Waals surface area (Å²) in [7, 11) is 3.85. The predicted molar refractivity (Wildman–Crippen MR) is 90.1 cm³/mol. The van der Waals surface area contributed by atoms with Crippen molar-refractivity contribution in [3.8, 4) is 0 Å². The molecular weight excluding hydrogens is 340 g/mol. The Bertz CT molecular complexity index is 377. The van der Waals surface area contributed by atoms with Crippen LogP contribution in [0.15, 0.2) is 0 Å². The number of unbranched alkanes of at least 4 members (excludes halogenated alkanes) is 1. The standard InChI is InChI=1S/C15H24O6S2/c1-11(16)19-9-13(10-20-12(2)17)21-15(18)6-4-3-5-14-7-8-22-23-14/h13-14H,3-10H2,1-2H3. The molecule has 1 unspecified atom stereocenters. The molecule has 1 saturated heterocycles. The normalized spacial score (nSPS) is 17.1. The van der Waals surface area contributed by atoms with E-state index in [1.54, 1.807) is 0 Å². The van der Waals surface area contributed by atoms with Gasteiger partial charge in [0.1, 0.15) is 13.2 Å². The number of carbonyl (C=O) groups excluding carboxylic acids is 3. The third kappa shape index (κ3) is 10.5. The molecule has 0 radical (unpaired) electrons. The van der Waals surface area contributed by atoms with Crippen molar-refractivity contribution in [3.05, 3.63) is 0 Å². The van der Waals surface area contributed by atoms with Crippen molar-refractivity contribution < 1.29 is 28.6 Å². The quantitative estimate of drug-likeness (QED) is 0.253. The maximum Gasteiger partial charge on any atom is 0.306 e. The first-order valence-electron chi connectivity index (χ1n) is 7.72. The second kappa shape index (κ2) is 11.6. The van der Waals surface area contributed by atoms with E-state index in [0.717, 1.165) is 19.3 Å². The van der Waals surface area contributed by atoms with Gasteiger partial charge in [-0.1, -0.05) is 28.0 Å². The van der Waals surface area contributed by atoms with Gasteiger partial charge in [-0.3, -0.25) is 14.4 Å². The van der Waals surface area contributed by atoms with E-state index >= 15 is 0 Å². The van der Waals surface area contributed by atoms with Gasteiger partial charge in [0.15, 0.2) is 6.10 Å². The average Bonchev–Trinajstić information content (AvgIpc) is 2.99.